The monoisotopic (exact) mass is 362 g/mol. The smallest absolute Gasteiger partial charge is 0.441 e. The number of nitrogens with one attached hydrogen (secondary N) is 2. The van der Waals surface area contributed by atoms with Gasteiger partial charge in [-0.25, -0.2) is 9.59 Å². The molecule has 8 heteroatoms. The lowest BCUT2D eigenvalue weighted by Gasteiger charge is -2.24. The predicted octanol–water partition coefficient (Wildman–Crippen LogP) is 4.30. The lowest BCUT2D eigenvalue weighted by molar-refractivity contribution is 0.0296. The summed E-state index contributed by atoms with van der Waals surface area (Å²) in [4.78, 5) is 26.9. The summed E-state index contributed by atoms with van der Waals surface area (Å²) in [7, 11) is 0. The van der Waals surface area contributed by atoms with Crippen LogP contribution in [0, 0.1) is 0 Å². The van der Waals surface area contributed by atoms with Gasteiger partial charge in [0, 0.05) is 11.8 Å². The molecule has 8 nitrogen and oxygen atoms in total. The van der Waals surface area contributed by atoms with Gasteiger partial charge < -0.3 is 9.47 Å². The molecular weight excluding hydrogens is 336 g/mol. The van der Waals surface area contributed by atoms with Crippen molar-refractivity contribution in [2.24, 2.45) is 0 Å². The van der Waals surface area contributed by atoms with Crippen molar-refractivity contribution in [2.75, 3.05) is 0 Å². The molecule has 0 radical (unpaired) electrons. The van der Waals surface area contributed by atoms with Gasteiger partial charge in [-0.15, -0.1) is 0 Å². The first-order chi connectivity index (χ1) is 12.0. The van der Waals surface area contributed by atoms with Gasteiger partial charge >= 0.3 is 12.2 Å². The third-order valence-corrected chi connectivity index (χ3v) is 2.98. The lowest BCUT2D eigenvalue weighted by atomic mass is 10.2. The van der Waals surface area contributed by atoms with Crippen molar-refractivity contribution in [1.82, 2.24) is 19.8 Å². The molecule has 1 aromatic heterocycles. The maximum atomic E-state index is 12.6. The Labute approximate surface area is 152 Å². The molecule has 0 spiro atoms. The van der Waals surface area contributed by atoms with Crippen molar-refractivity contribution in [2.45, 2.75) is 52.7 Å². The van der Waals surface area contributed by atoms with Crippen LogP contribution in [0.3, 0.4) is 0 Å². The summed E-state index contributed by atoms with van der Waals surface area (Å²) < 4.78 is 10.7. The Morgan fingerprint density at radius 3 is 1.85 bits per heavy atom. The van der Waals surface area contributed by atoms with Crippen molar-refractivity contribution in [3.63, 3.8) is 0 Å². The second-order valence-electron chi connectivity index (χ2n) is 7.75. The Morgan fingerprint density at radius 1 is 0.846 bits per heavy atom. The highest BCUT2D eigenvalue weighted by molar-refractivity contribution is 5.75. The van der Waals surface area contributed by atoms with Crippen LogP contribution in [0.15, 0.2) is 36.5 Å². The highest BCUT2D eigenvalue weighted by Gasteiger charge is 2.25. The predicted molar refractivity (Wildman–Crippen MR) is 97.5 cm³/mol. The van der Waals surface area contributed by atoms with E-state index >= 15 is 0 Å². The molecule has 1 aromatic carbocycles. The molecule has 0 fully saturated rings. The summed E-state index contributed by atoms with van der Waals surface area (Å²) >= 11 is 0. The van der Waals surface area contributed by atoms with Crippen LogP contribution in [-0.4, -0.2) is 43.2 Å². The highest BCUT2D eigenvalue weighted by atomic mass is 16.6. The van der Waals surface area contributed by atoms with Crippen LogP contribution in [-0.2, 0) is 9.47 Å². The minimum Gasteiger partial charge on any atom is -0.441 e. The zero-order valence-corrected chi connectivity index (χ0v) is 16.0. The SMILES string of the molecule is CC(C)(C)OC(=O)n1[nH]cc(-c2ccccc2)[nH]n1C(=O)OC(C)(C)C. The zero-order chi connectivity index (χ0) is 19.5. The van der Waals surface area contributed by atoms with E-state index in [0.717, 1.165) is 15.2 Å². The number of carbonyl (C=O) groups excluding carboxylic acids is 2. The summed E-state index contributed by atoms with van der Waals surface area (Å²) in [6, 6.07) is 9.37. The van der Waals surface area contributed by atoms with E-state index in [-0.39, 0.29) is 0 Å². The summed E-state index contributed by atoms with van der Waals surface area (Å²) in [6.07, 6.45) is 0.0664. The van der Waals surface area contributed by atoms with E-state index in [4.69, 9.17) is 9.47 Å². The van der Waals surface area contributed by atoms with Crippen LogP contribution in [0.4, 0.5) is 9.59 Å². The van der Waals surface area contributed by atoms with Gasteiger partial charge in [0.25, 0.3) is 0 Å². The second kappa shape index (κ2) is 7.15. The number of nitrogens with zero attached hydrogens (tertiary/aromatic N) is 2. The van der Waals surface area contributed by atoms with Crippen LogP contribution in [0.5, 0.6) is 0 Å². The highest BCUT2D eigenvalue weighted by Crippen LogP contribution is 2.16. The third kappa shape index (κ3) is 5.30. The molecule has 0 unspecified atom stereocenters. The number of hydrogen-bond donors (Lipinski definition) is 2. The Kier molecular flexibility index (Phi) is 5.34. The van der Waals surface area contributed by atoms with Gasteiger partial charge in [0.2, 0.25) is 0 Å². The van der Waals surface area contributed by atoms with Gasteiger partial charge in [0.05, 0.1) is 5.69 Å². The summed E-state index contributed by atoms with van der Waals surface area (Å²) in [6.45, 7) is 10.5. The molecule has 2 aromatic rings. The van der Waals surface area contributed by atoms with Crippen LogP contribution in [0.25, 0.3) is 11.3 Å². The molecule has 0 aliphatic heterocycles. The van der Waals surface area contributed by atoms with E-state index in [1.807, 2.05) is 30.3 Å². The summed E-state index contributed by atoms with van der Waals surface area (Å²) in [5.41, 5.74) is -0.0255. The molecular formula is C18H26N4O4. The van der Waals surface area contributed by atoms with Crippen molar-refractivity contribution in [3.05, 3.63) is 36.5 Å². The average Bonchev–Trinajstić information content (AvgIpc) is 2.52. The first-order valence-corrected chi connectivity index (χ1v) is 8.31. The largest absolute Gasteiger partial charge is 0.451 e. The Hall–Kier alpha value is -2.90. The molecule has 0 atom stereocenters. The fraction of sp³-hybridized carbons (Fsp3) is 0.444. The van der Waals surface area contributed by atoms with E-state index < -0.39 is 23.4 Å². The van der Waals surface area contributed by atoms with Crippen LogP contribution in [0.2, 0.25) is 0 Å². The standard InChI is InChI=1S/C18H26N4O4/c1-17(2,3)25-15(23)21-19-12-14(13-10-8-7-9-11-13)20-22(21)16(24)26-18(4,5)6/h7-12,19-20H,1-6H3. The van der Waals surface area contributed by atoms with E-state index in [1.165, 1.54) is 0 Å². The summed E-state index contributed by atoms with van der Waals surface area (Å²) in [5, 5.41) is 5.66. The normalized spacial score (nSPS) is 11.8. The van der Waals surface area contributed by atoms with Crippen LogP contribution < -0.4 is 0 Å². The zero-order valence-electron chi connectivity index (χ0n) is 16.0. The van der Waals surface area contributed by atoms with Gasteiger partial charge in [-0.3, -0.25) is 10.2 Å². The Bertz CT molecular complexity index is 808. The Balaban J connectivity index is 2.50. The fourth-order valence-corrected chi connectivity index (χ4v) is 2.02. The molecule has 26 heavy (non-hydrogen) atoms. The van der Waals surface area contributed by atoms with Crippen molar-refractivity contribution >= 4 is 12.2 Å². The quantitative estimate of drug-likeness (QED) is 0.790. The molecule has 0 aliphatic carbocycles. The number of H-pyrrole nitrogens is 2. The topological polar surface area (TPSA) is 94.0 Å². The third-order valence-electron chi connectivity index (χ3n) is 2.98. The van der Waals surface area contributed by atoms with E-state index in [9.17, 15) is 9.59 Å². The van der Waals surface area contributed by atoms with Gasteiger partial charge in [0.1, 0.15) is 11.2 Å². The molecule has 1 heterocycles. The average molecular weight is 362 g/mol. The molecule has 142 valence electrons. The van der Waals surface area contributed by atoms with Crippen molar-refractivity contribution < 1.29 is 19.1 Å². The molecule has 2 rings (SSSR count). The molecule has 0 bridgehead atoms. The Morgan fingerprint density at radius 2 is 1.35 bits per heavy atom. The minimum atomic E-state index is -0.752. The van der Waals surface area contributed by atoms with Crippen LogP contribution >= 0.6 is 0 Å². The maximum absolute atomic E-state index is 12.6. The molecule has 0 saturated heterocycles. The minimum absolute atomic E-state index is 0.594. The molecule has 2 N–H and O–H groups in total. The number of carbonyl (C=O) groups is 2. The van der Waals surface area contributed by atoms with Gasteiger partial charge in [-0.05, 0) is 41.5 Å². The van der Waals surface area contributed by atoms with E-state index in [0.29, 0.717) is 5.69 Å². The first-order valence-electron chi connectivity index (χ1n) is 8.31. The van der Waals surface area contributed by atoms with Gasteiger partial charge in [-0.1, -0.05) is 39.9 Å². The second-order valence-corrected chi connectivity index (χ2v) is 7.75. The molecule has 0 saturated carbocycles. The number of ether oxygens (including phenoxy) is 2. The maximum Gasteiger partial charge on any atom is 0.451 e. The number of aromatic nitrogens is 4. The van der Waals surface area contributed by atoms with E-state index in [1.54, 1.807) is 47.7 Å². The molecule has 0 aliphatic rings. The number of hydrogen-bond acceptors (Lipinski definition) is 4. The summed E-state index contributed by atoms with van der Waals surface area (Å²) in [5.74, 6) is 0. The number of aromatic amines is 2. The van der Waals surface area contributed by atoms with E-state index in [2.05, 4.69) is 10.2 Å². The fourth-order valence-electron chi connectivity index (χ4n) is 2.02. The van der Waals surface area contributed by atoms with Gasteiger partial charge in [0.15, 0.2) is 0 Å². The first kappa shape index (κ1) is 19.4. The van der Waals surface area contributed by atoms with Gasteiger partial charge in [-0.2, -0.15) is 0 Å². The van der Waals surface area contributed by atoms with Crippen molar-refractivity contribution in [1.29, 1.82) is 0 Å². The number of rotatable bonds is 1. The number of benzene rings is 1. The lowest BCUT2D eigenvalue weighted by Crippen LogP contribution is -2.39. The van der Waals surface area contributed by atoms with Crippen molar-refractivity contribution in [3.8, 4) is 11.3 Å². The molecule has 0 amide bonds. The van der Waals surface area contributed by atoms with Crippen LogP contribution in [0.1, 0.15) is 41.5 Å².